The fourth-order valence-electron chi connectivity index (χ4n) is 4.85. The first-order valence-electron chi connectivity index (χ1n) is 14.1. The molecule has 3 aromatic rings. The molecule has 3 aromatic carbocycles. The van der Waals surface area contributed by atoms with E-state index in [2.05, 4.69) is 45.0 Å². The van der Waals surface area contributed by atoms with Gasteiger partial charge in [0.1, 0.15) is 11.6 Å². The molecule has 1 atom stereocenters. The smallest absolute Gasteiger partial charge is 0.337 e. The normalized spacial score (nSPS) is 13.7. The number of benzene rings is 3. The van der Waals surface area contributed by atoms with Crippen LogP contribution in [0.15, 0.2) is 66.7 Å². The van der Waals surface area contributed by atoms with Crippen LogP contribution in [0, 0.1) is 17.6 Å². The topological polar surface area (TPSA) is 95.2 Å². The Labute approximate surface area is 244 Å². The number of carbonyl (C=O) groups excluding carboxylic acids is 2. The van der Waals surface area contributed by atoms with Gasteiger partial charge >= 0.3 is 6.03 Å². The van der Waals surface area contributed by atoms with Crippen LogP contribution in [0.2, 0.25) is 0 Å². The summed E-state index contributed by atoms with van der Waals surface area (Å²) < 4.78 is 38.6. The monoisotopic (exact) mass is 581 g/mol. The molecule has 42 heavy (non-hydrogen) atoms. The summed E-state index contributed by atoms with van der Waals surface area (Å²) in [5.74, 6) is -0.251. The van der Waals surface area contributed by atoms with Gasteiger partial charge in [0.05, 0.1) is 13.2 Å². The molecule has 11 heteroatoms. The highest BCUT2D eigenvalue weighted by Gasteiger charge is 2.18. The van der Waals surface area contributed by atoms with Gasteiger partial charge in [0.15, 0.2) is 11.6 Å². The Morgan fingerprint density at radius 3 is 2.14 bits per heavy atom. The van der Waals surface area contributed by atoms with Crippen LogP contribution >= 0.6 is 0 Å². The van der Waals surface area contributed by atoms with E-state index in [9.17, 15) is 18.4 Å². The van der Waals surface area contributed by atoms with Crippen LogP contribution in [0.5, 0.6) is 11.5 Å². The van der Waals surface area contributed by atoms with Gasteiger partial charge in [-0.05, 0) is 79.4 Å². The van der Waals surface area contributed by atoms with E-state index < -0.39 is 17.7 Å². The van der Waals surface area contributed by atoms with Crippen molar-refractivity contribution in [2.24, 2.45) is 5.92 Å². The van der Waals surface area contributed by atoms with Gasteiger partial charge in [0, 0.05) is 49.3 Å². The van der Waals surface area contributed by atoms with Crippen LogP contribution in [-0.4, -0.2) is 51.8 Å². The predicted molar refractivity (Wildman–Crippen MR) is 159 cm³/mol. The van der Waals surface area contributed by atoms with Crippen molar-refractivity contribution in [1.29, 1.82) is 0 Å². The second-order valence-corrected chi connectivity index (χ2v) is 10.0. The van der Waals surface area contributed by atoms with E-state index in [0.29, 0.717) is 25.3 Å². The van der Waals surface area contributed by atoms with E-state index in [4.69, 9.17) is 9.47 Å². The number of anilines is 3. The van der Waals surface area contributed by atoms with Crippen molar-refractivity contribution in [1.82, 2.24) is 10.9 Å². The number of rotatable bonds is 14. The summed E-state index contributed by atoms with van der Waals surface area (Å²) in [6.07, 6.45) is 3.06. The standard InChI is InChI=1S/C31H37F2N5O4/c1-2-3-23(21-42-30-13-4-24(32)20-29(30)33)14-19-41-28-11-9-27(10-12-28)38-17-15-37(16-18-38)26-7-5-25(6-8-26)35-31(40)36-34-22-39/h4-13,20,22-23H,2-3,14-19,21H2,1H3,(H,34,39)(H2,35,36,40)/t23-/m1/s1. The lowest BCUT2D eigenvalue weighted by Crippen LogP contribution is -2.46. The van der Waals surface area contributed by atoms with E-state index in [0.717, 1.165) is 68.6 Å². The average Bonchev–Trinajstić information content (AvgIpc) is 3.00. The molecule has 0 saturated carbocycles. The molecule has 224 valence electrons. The number of hydrogen-bond donors (Lipinski definition) is 3. The van der Waals surface area contributed by atoms with Crippen LogP contribution in [0.3, 0.4) is 0 Å². The largest absolute Gasteiger partial charge is 0.494 e. The zero-order valence-corrected chi connectivity index (χ0v) is 23.7. The van der Waals surface area contributed by atoms with E-state index in [1.807, 2.05) is 36.4 Å². The van der Waals surface area contributed by atoms with Crippen molar-refractivity contribution in [2.45, 2.75) is 26.2 Å². The summed E-state index contributed by atoms with van der Waals surface area (Å²) in [7, 11) is 0. The Balaban J connectivity index is 1.19. The number of ether oxygens (including phenoxy) is 2. The Morgan fingerprint density at radius 2 is 1.55 bits per heavy atom. The lowest BCUT2D eigenvalue weighted by Gasteiger charge is -2.37. The van der Waals surface area contributed by atoms with Crippen molar-refractivity contribution in [3.8, 4) is 11.5 Å². The fraction of sp³-hybridized carbons (Fsp3) is 0.355. The average molecular weight is 582 g/mol. The molecule has 9 nitrogen and oxygen atoms in total. The first-order valence-corrected chi connectivity index (χ1v) is 14.1. The number of halogens is 2. The molecular weight excluding hydrogens is 544 g/mol. The van der Waals surface area contributed by atoms with Crippen molar-refractivity contribution in [2.75, 3.05) is 54.5 Å². The lowest BCUT2D eigenvalue weighted by molar-refractivity contribution is -0.110. The van der Waals surface area contributed by atoms with Gasteiger partial charge in [-0.2, -0.15) is 0 Å². The summed E-state index contributed by atoms with van der Waals surface area (Å²) in [6.45, 7) is 6.42. The van der Waals surface area contributed by atoms with E-state index >= 15 is 0 Å². The summed E-state index contributed by atoms with van der Waals surface area (Å²) in [5, 5.41) is 2.64. The Hall–Kier alpha value is -4.54. The first-order chi connectivity index (χ1) is 20.4. The molecule has 1 fully saturated rings. The maximum atomic E-state index is 13.9. The van der Waals surface area contributed by atoms with Gasteiger partial charge in [-0.15, -0.1) is 0 Å². The highest BCUT2D eigenvalue weighted by atomic mass is 19.1. The fourth-order valence-corrected chi connectivity index (χ4v) is 4.85. The van der Waals surface area contributed by atoms with Crippen molar-refractivity contribution < 1.29 is 27.8 Å². The minimum absolute atomic E-state index is 0.0667. The van der Waals surface area contributed by atoms with Crippen LogP contribution in [0.4, 0.5) is 30.6 Å². The van der Waals surface area contributed by atoms with Crippen LogP contribution in [0.1, 0.15) is 26.2 Å². The molecule has 1 heterocycles. The van der Waals surface area contributed by atoms with Gasteiger partial charge < -0.3 is 24.6 Å². The number of carbonyl (C=O) groups is 2. The van der Waals surface area contributed by atoms with Crippen molar-refractivity contribution in [3.63, 3.8) is 0 Å². The van der Waals surface area contributed by atoms with Gasteiger partial charge in [0.25, 0.3) is 0 Å². The van der Waals surface area contributed by atoms with Gasteiger partial charge in [-0.1, -0.05) is 13.3 Å². The maximum Gasteiger partial charge on any atom is 0.337 e. The summed E-state index contributed by atoms with van der Waals surface area (Å²) >= 11 is 0. The summed E-state index contributed by atoms with van der Waals surface area (Å²) in [5.41, 5.74) is 7.13. The van der Waals surface area contributed by atoms with Crippen LogP contribution in [-0.2, 0) is 4.79 Å². The number of amides is 3. The highest BCUT2D eigenvalue weighted by molar-refractivity contribution is 5.89. The quantitative estimate of drug-likeness (QED) is 0.176. The second-order valence-electron chi connectivity index (χ2n) is 10.0. The molecule has 0 aliphatic carbocycles. The number of piperazine rings is 1. The van der Waals surface area contributed by atoms with Gasteiger partial charge in [-0.25, -0.2) is 19.0 Å². The predicted octanol–water partition coefficient (Wildman–Crippen LogP) is 5.34. The summed E-state index contributed by atoms with van der Waals surface area (Å²) in [4.78, 5) is 26.6. The molecule has 0 spiro atoms. The van der Waals surface area contributed by atoms with E-state index in [1.165, 1.54) is 12.1 Å². The molecule has 0 unspecified atom stereocenters. The number of hydrogen-bond acceptors (Lipinski definition) is 6. The number of nitrogens with one attached hydrogen (secondary N) is 3. The third-order valence-electron chi connectivity index (χ3n) is 7.08. The SMILES string of the molecule is CCC[C@H](CCOc1ccc(N2CCN(c3ccc(NC(=O)NNC=O)cc3)CC2)cc1)COc1ccc(F)cc1F. The zero-order valence-electron chi connectivity index (χ0n) is 23.7. The van der Waals surface area contributed by atoms with E-state index in [-0.39, 0.29) is 11.7 Å². The summed E-state index contributed by atoms with van der Waals surface area (Å²) in [6, 6.07) is 18.5. The van der Waals surface area contributed by atoms with Gasteiger partial charge in [-0.3, -0.25) is 10.2 Å². The molecule has 0 radical (unpaired) electrons. The van der Waals surface area contributed by atoms with Crippen molar-refractivity contribution >= 4 is 29.5 Å². The molecule has 0 aromatic heterocycles. The van der Waals surface area contributed by atoms with Gasteiger partial charge in [0.2, 0.25) is 6.41 Å². The molecule has 1 aliphatic rings. The molecule has 4 rings (SSSR count). The Morgan fingerprint density at radius 1 is 0.905 bits per heavy atom. The highest BCUT2D eigenvalue weighted by Crippen LogP contribution is 2.25. The first kappa shape index (κ1) is 30.4. The molecule has 0 bridgehead atoms. The minimum atomic E-state index is -0.691. The van der Waals surface area contributed by atoms with Crippen LogP contribution < -0.4 is 35.4 Å². The zero-order chi connectivity index (χ0) is 29.7. The third-order valence-corrected chi connectivity index (χ3v) is 7.08. The molecule has 3 amide bonds. The molecule has 1 saturated heterocycles. The third kappa shape index (κ3) is 8.98. The molecule has 1 aliphatic heterocycles. The Kier molecular flexibility index (Phi) is 11.2. The van der Waals surface area contributed by atoms with E-state index in [1.54, 1.807) is 0 Å². The van der Waals surface area contributed by atoms with Crippen LogP contribution in [0.25, 0.3) is 0 Å². The van der Waals surface area contributed by atoms with Crippen molar-refractivity contribution in [3.05, 3.63) is 78.4 Å². The lowest BCUT2D eigenvalue weighted by atomic mass is 10.0. The number of hydrazine groups is 1. The maximum absolute atomic E-state index is 13.9. The molecular formula is C31H37F2N5O4. The Bertz CT molecular complexity index is 1290. The second kappa shape index (κ2) is 15.5. The number of urea groups is 1. The number of nitrogens with zero attached hydrogens (tertiary/aromatic N) is 2. The molecule has 3 N–H and O–H groups in total. The minimum Gasteiger partial charge on any atom is -0.494 e.